The molecule has 6 heteroatoms. The molecule has 0 spiro atoms. The van der Waals surface area contributed by atoms with Gasteiger partial charge in [-0.25, -0.2) is 22.0 Å². The molecule has 1 nitrogen and oxygen atoms in total. The van der Waals surface area contributed by atoms with Crippen LogP contribution in [0.25, 0.3) is 5.57 Å². The smallest absolute Gasteiger partial charge is 0.200 e. The highest BCUT2D eigenvalue weighted by Crippen LogP contribution is 2.35. The van der Waals surface area contributed by atoms with E-state index >= 15 is 0 Å². The average molecular weight is 351 g/mol. The Morgan fingerprint density at radius 2 is 1.28 bits per heavy atom. The third-order valence-corrected chi connectivity index (χ3v) is 3.38. The van der Waals surface area contributed by atoms with Crippen LogP contribution in [0.5, 0.6) is 0 Å². The van der Waals surface area contributed by atoms with Crippen LogP contribution in [0.4, 0.5) is 22.0 Å². The van der Waals surface area contributed by atoms with E-state index in [1.165, 1.54) is 30.3 Å². The van der Waals surface area contributed by atoms with Gasteiger partial charge >= 0.3 is 0 Å². The van der Waals surface area contributed by atoms with Crippen molar-refractivity contribution in [2.75, 3.05) is 0 Å². The molecule has 0 aliphatic heterocycles. The molecule has 0 radical (unpaired) electrons. The third-order valence-electron chi connectivity index (χ3n) is 3.38. The highest BCUT2D eigenvalue weighted by Gasteiger charge is 2.29. The van der Waals surface area contributed by atoms with E-state index < -0.39 is 40.1 Å². The van der Waals surface area contributed by atoms with Gasteiger partial charge in [-0.1, -0.05) is 39.0 Å². The predicted molar refractivity (Wildman–Crippen MR) is 83.9 cm³/mol. The monoisotopic (exact) mass is 351 g/mol. The summed E-state index contributed by atoms with van der Waals surface area (Å²) in [5.74, 6) is -9.98. The Hall–Kier alpha value is -2.68. The van der Waals surface area contributed by atoms with Gasteiger partial charge in [-0.05, 0) is 28.7 Å². The van der Waals surface area contributed by atoms with Gasteiger partial charge in [0.05, 0.1) is 17.2 Å². The molecular formula is C19H14F5N. The van der Waals surface area contributed by atoms with Crippen molar-refractivity contribution in [3.05, 3.63) is 76.1 Å². The molecule has 0 amide bonds. The van der Waals surface area contributed by atoms with Crippen molar-refractivity contribution in [3.63, 3.8) is 0 Å². The lowest BCUT2D eigenvalue weighted by Crippen LogP contribution is -2.10. The molecule has 0 atom stereocenters. The van der Waals surface area contributed by atoms with Gasteiger partial charge in [0.2, 0.25) is 5.82 Å². The van der Waals surface area contributed by atoms with Crippen LogP contribution in [0.1, 0.15) is 37.5 Å². The first kappa shape index (κ1) is 18.7. The lowest BCUT2D eigenvalue weighted by Gasteiger charge is -2.19. The molecule has 0 unspecified atom stereocenters. The summed E-state index contributed by atoms with van der Waals surface area (Å²) in [5, 5.41) is 8.84. The zero-order chi connectivity index (χ0) is 18.9. The fraction of sp³-hybridized carbons (Fsp3) is 0.211. The maximum Gasteiger partial charge on any atom is 0.200 e. The van der Waals surface area contributed by atoms with E-state index in [-0.39, 0.29) is 11.1 Å². The van der Waals surface area contributed by atoms with E-state index in [9.17, 15) is 22.0 Å². The van der Waals surface area contributed by atoms with E-state index in [0.29, 0.717) is 5.56 Å². The zero-order valence-electron chi connectivity index (χ0n) is 13.7. The van der Waals surface area contributed by atoms with Gasteiger partial charge in [0.1, 0.15) is 0 Å². The Morgan fingerprint density at radius 1 is 0.840 bits per heavy atom. The molecule has 130 valence electrons. The molecule has 0 fully saturated rings. The summed E-state index contributed by atoms with van der Waals surface area (Å²) in [6, 6.07) is 7.49. The van der Waals surface area contributed by atoms with Crippen LogP contribution in [-0.4, -0.2) is 0 Å². The van der Waals surface area contributed by atoms with Gasteiger partial charge in [0, 0.05) is 0 Å². The maximum absolute atomic E-state index is 14.2. The summed E-state index contributed by atoms with van der Waals surface area (Å²) in [5.41, 5.74) is -1.20. The second kappa shape index (κ2) is 6.67. The van der Waals surface area contributed by atoms with Crippen LogP contribution in [0.3, 0.4) is 0 Å². The average Bonchev–Trinajstić information content (AvgIpc) is 2.56. The van der Waals surface area contributed by atoms with Crippen molar-refractivity contribution in [1.82, 2.24) is 0 Å². The largest absolute Gasteiger partial charge is 0.203 e. The Labute approximate surface area is 142 Å². The third kappa shape index (κ3) is 3.71. The summed E-state index contributed by atoms with van der Waals surface area (Å²) in [6.45, 7) is 5.17. The van der Waals surface area contributed by atoms with Crippen molar-refractivity contribution in [2.45, 2.75) is 20.8 Å². The van der Waals surface area contributed by atoms with Gasteiger partial charge in [-0.15, -0.1) is 0 Å². The van der Waals surface area contributed by atoms with Crippen molar-refractivity contribution in [1.29, 1.82) is 5.26 Å². The summed E-state index contributed by atoms with van der Waals surface area (Å²) in [4.78, 5) is 0. The van der Waals surface area contributed by atoms with Gasteiger partial charge in [0.25, 0.3) is 0 Å². The molecule has 0 saturated carbocycles. The van der Waals surface area contributed by atoms with Crippen LogP contribution in [0.2, 0.25) is 0 Å². The Balaban J connectivity index is 2.83. The summed E-state index contributed by atoms with van der Waals surface area (Å²) >= 11 is 0. The van der Waals surface area contributed by atoms with Crippen molar-refractivity contribution in [2.24, 2.45) is 5.41 Å². The number of benzene rings is 2. The van der Waals surface area contributed by atoms with Crippen LogP contribution in [0, 0.1) is 45.8 Å². The van der Waals surface area contributed by atoms with E-state index in [4.69, 9.17) is 5.26 Å². The maximum atomic E-state index is 14.2. The second-order valence-corrected chi connectivity index (χ2v) is 6.56. The molecule has 0 aromatic heterocycles. The topological polar surface area (TPSA) is 23.8 Å². The molecular weight excluding hydrogens is 337 g/mol. The minimum absolute atomic E-state index is 0.134. The van der Waals surface area contributed by atoms with E-state index in [2.05, 4.69) is 0 Å². The van der Waals surface area contributed by atoms with Crippen LogP contribution in [-0.2, 0) is 0 Å². The minimum Gasteiger partial charge on any atom is -0.203 e. The molecule has 2 rings (SSSR count). The highest BCUT2D eigenvalue weighted by atomic mass is 19.2. The first-order valence-electron chi connectivity index (χ1n) is 7.32. The van der Waals surface area contributed by atoms with Crippen molar-refractivity contribution in [3.8, 4) is 6.07 Å². The summed E-state index contributed by atoms with van der Waals surface area (Å²) in [7, 11) is 0. The first-order chi connectivity index (χ1) is 11.6. The molecule has 0 aliphatic carbocycles. The molecule has 2 aromatic carbocycles. The number of hydrogen-bond acceptors (Lipinski definition) is 1. The van der Waals surface area contributed by atoms with Gasteiger partial charge in [-0.3, -0.25) is 0 Å². The Morgan fingerprint density at radius 3 is 1.68 bits per heavy atom. The molecule has 0 heterocycles. The van der Waals surface area contributed by atoms with Gasteiger partial charge in [0.15, 0.2) is 23.3 Å². The standard InChI is InChI=1S/C19H14F5N/c1-19(2,3)8-12(11-6-4-10(9-25)5-7-11)13-14(20)16(22)18(24)17(23)15(13)21/h4-8H,1-3H3/b12-8-. The number of nitriles is 1. The lowest BCUT2D eigenvalue weighted by atomic mass is 9.87. The molecule has 0 aliphatic rings. The van der Waals surface area contributed by atoms with Gasteiger partial charge < -0.3 is 0 Å². The SMILES string of the molecule is CC(C)(C)/C=C(/c1ccc(C#N)cc1)c1c(F)c(F)c(F)c(F)c1F. The fourth-order valence-electron chi connectivity index (χ4n) is 2.30. The van der Waals surface area contributed by atoms with E-state index in [1.54, 1.807) is 20.8 Å². The number of nitrogens with zero attached hydrogens (tertiary/aromatic N) is 1. The normalized spacial score (nSPS) is 12.2. The summed E-state index contributed by atoms with van der Waals surface area (Å²) < 4.78 is 69.0. The molecule has 2 aromatic rings. The number of allylic oxidation sites excluding steroid dienone is 1. The van der Waals surface area contributed by atoms with Crippen LogP contribution in [0.15, 0.2) is 30.3 Å². The Kier molecular flexibility index (Phi) is 4.98. The zero-order valence-corrected chi connectivity index (χ0v) is 13.7. The van der Waals surface area contributed by atoms with E-state index in [1.807, 2.05) is 6.07 Å². The number of rotatable bonds is 2. The van der Waals surface area contributed by atoms with Crippen LogP contribution >= 0.6 is 0 Å². The van der Waals surface area contributed by atoms with Crippen molar-refractivity contribution >= 4 is 5.57 Å². The van der Waals surface area contributed by atoms with Gasteiger partial charge in [-0.2, -0.15) is 5.26 Å². The second-order valence-electron chi connectivity index (χ2n) is 6.56. The number of halogens is 5. The van der Waals surface area contributed by atoms with Crippen molar-refractivity contribution < 1.29 is 22.0 Å². The molecule has 0 saturated heterocycles. The number of hydrogen-bond donors (Lipinski definition) is 0. The fourth-order valence-corrected chi connectivity index (χ4v) is 2.30. The highest BCUT2D eigenvalue weighted by molar-refractivity contribution is 5.81. The molecule has 25 heavy (non-hydrogen) atoms. The molecule has 0 N–H and O–H groups in total. The molecule has 0 bridgehead atoms. The Bertz CT molecular complexity index is 855. The predicted octanol–water partition coefficient (Wildman–Crippen LogP) is 5.73. The minimum atomic E-state index is -2.20. The quantitative estimate of drug-likeness (QED) is 0.385. The van der Waals surface area contributed by atoms with Crippen LogP contribution < -0.4 is 0 Å². The summed E-state index contributed by atoms with van der Waals surface area (Å²) in [6.07, 6.45) is 1.42. The lowest BCUT2D eigenvalue weighted by molar-refractivity contribution is 0.376. The van der Waals surface area contributed by atoms with E-state index in [0.717, 1.165) is 0 Å². The first-order valence-corrected chi connectivity index (χ1v) is 7.32.